The number of hydrogen-bond donors (Lipinski definition) is 2. The van der Waals surface area contributed by atoms with Crippen molar-refractivity contribution in [3.05, 3.63) is 47.7 Å². The van der Waals surface area contributed by atoms with Gasteiger partial charge in [0.1, 0.15) is 11.6 Å². The van der Waals surface area contributed by atoms with E-state index in [2.05, 4.69) is 5.32 Å². The van der Waals surface area contributed by atoms with E-state index in [9.17, 15) is 14.7 Å². The van der Waals surface area contributed by atoms with Gasteiger partial charge in [-0.3, -0.25) is 4.79 Å². The number of nitrogens with one attached hydrogen (secondary N) is 1. The molecule has 2 aromatic carbocycles. The number of fused-ring (bicyclic) bond motifs is 3. The quantitative estimate of drug-likeness (QED) is 0.766. The molecule has 1 aromatic heterocycles. The van der Waals surface area contributed by atoms with Crippen molar-refractivity contribution in [2.24, 2.45) is 5.92 Å². The fourth-order valence-corrected chi connectivity index (χ4v) is 2.89. The van der Waals surface area contributed by atoms with Crippen molar-refractivity contribution >= 4 is 33.6 Å². The van der Waals surface area contributed by atoms with E-state index >= 15 is 0 Å². The highest BCUT2D eigenvalue weighted by Gasteiger charge is 2.27. The van der Waals surface area contributed by atoms with Crippen LogP contribution in [0.2, 0.25) is 0 Å². The summed E-state index contributed by atoms with van der Waals surface area (Å²) in [6, 6.07) is 10.7. The minimum absolute atomic E-state index is 0.160. The number of hydrogen-bond acceptors (Lipinski definition) is 3. The number of aliphatic carboxylic acids is 1. The first kappa shape index (κ1) is 16.1. The summed E-state index contributed by atoms with van der Waals surface area (Å²) in [5, 5.41) is 14.6. The Balaban J connectivity index is 2.06. The van der Waals surface area contributed by atoms with Crippen LogP contribution in [0.5, 0.6) is 0 Å². The number of carboxylic acid groups (broad SMARTS) is 1. The molecule has 1 amide bonds. The van der Waals surface area contributed by atoms with Crippen LogP contribution in [0.3, 0.4) is 0 Å². The average Bonchev–Trinajstić information content (AvgIpc) is 2.89. The molecule has 0 spiro atoms. The number of benzene rings is 2. The number of rotatable bonds is 4. The summed E-state index contributed by atoms with van der Waals surface area (Å²) in [5.74, 6) is -1.63. The molecule has 5 nitrogen and oxygen atoms in total. The van der Waals surface area contributed by atoms with Gasteiger partial charge in [0.2, 0.25) is 0 Å². The maximum Gasteiger partial charge on any atom is 0.326 e. The van der Waals surface area contributed by atoms with Crippen LogP contribution in [0.15, 0.2) is 40.8 Å². The first-order valence-electron chi connectivity index (χ1n) is 7.84. The molecule has 1 heterocycles. The maximum atomic E-state index is 12.5. The second-order valence-corrected chi connectivity index (χ2v) is 6.25. The van der Waals surface area contributed by atoms with E-state index in [1.54, 1.807) is 20.8 Å². The number of carboxylic acids is 1. The minimum Gasteiger partial charge on any atom is -0.480 e. The minimum atomic E-state index is -1.06. The van der Waals surface area contributed by atoms with Crippen LogP contribution in [-0.2, 0) is 4.79 Å². The summed E-state index contributed by atoms with van der Waals surface area (Å²) in [6.45, 7) is 5.30. The number of amides is 1. The molecular formula is C19H19NO4. The standard InChI is InChI=1S/C19H19NO4/c1-10(2)15(19(22)23)20-18(21)16-11(3)13-9-8-12-6-4-5-7-14(12)17(13)24-16/h4-10,15H,1-3H3,(H,20,21)(H,22,23)/t15-/m0/s1. The molecule has 0 saturated heterocycles. The van der Waals surface area contributed by atoms with Crippen molar-refractivity contribution in [1.29, 1.82) is 0 Å². The Hall–Kier alpha value is -2.82. The molecule has 24 heavy (non-hydrogen) atoms. The highest BCUT2D eigenvalue weighted by Crippen LogP contribution is 2.31. The Morgan fingerprint density at radius 1 is 1.08 bits per heavy atom. The van der Waals surface area contributed by atoms with Gasteiger partial charge in [0.25, 0.3) is 5.91 Å². The van der Waals surface area contributed by atoms with E-state index in [0.717, 1.165) is 16.2 Å². The summed E-state index contributed by atoms with van der Waals surface area (Å²) < 4.78 is 5.83. The second kappa shape index (κ2) is 6.00. The Labute approximate surface area is 139 Å². The van der Waals surface area contributed by atoms with Gasteiger partial charge in [-0.1, -0.05) is 50.2 Å². The van der Waals surface area contributed by atoms with E-state index < -0.39 is 17.9 Å². The van der Waals surface area contributed by atoms with Crippen LogP contribution in [0.1, 0.15) is 30.0 Å². The first-order valence-corrected chi connectivity index (χ1v) is 7.84. The van der Waals surface area contributed by atoms with E-state index in [0.29, 0.717) is 11.1 Å². The molecule has 3 aromatic rings. The van der Waals surface area contributed by atoms with Crippen LogP contribution in [0, 0.1) is 12.8 Å². The third-order valence-corrected chi connectivity index (χ3v) is 4.25. The normalized spacial score (nSPS) is 12.7. The average molecular weight is 325 g/mol. The molecule has 124 valence electrons. The van der Waals surface area contributed by atoms with Gasteiger partial charge in [0, 0.05) is 16.3 Å². The fraction of sp³-hybridized carbons (Fsp3) is 0.263. The molecule has 0 bridgehead atoms. The zero-order valence-corrected chi connectivity index (χ0v) is 13.8. The predicted molar refractivity (Wildman–Crippen MR) is 92.2 cm³/mol. The summed E-state index contributed by atoms with van der Waals surface area (Å²) in [5.41, 5.74) is 1.35. The summed E-state index contributed by atoms with van der Waals surface area (Å²) in [7, 11) is 0. The number of furan rings is 1. The number of aryl methyl sites for hydroxylation is 1. The van der Waals surface area contributed by atoms with Crippen LogP contribution < -0.4 is 5.32 Å². The molecule has 2 N–H and O–H groups in total. The maximum absolute atomic E-state index is 12.5. The lowest BCUT2D eigenvalue weighted by Crippen LogP contribution is -2.44. The van der Waals surface area contributed by atoms with E-state index in [1.165, 1.54) is 0 Å². The van der Waals surface area contributed by atoms with E-state index in [1.807, 2.05) is 36.4 Å². The second-order valence-electron chi connectivity index (χ2n) is 6.25. The molecule has 0 aliphatic heterocycles. The van der Waals surface area contributed by atoms with Crippen LogP contribution >= 0.6 is 0 Å². The third kappa shape index (κ3) is 2.62. The lowest BCUT2D eigenvalue weighted by molar-refractivity contribution is -0.140. The Bertz CT molecular complexity index is 939. The molecule has 0 saturated carbocycles. The molecular weight excluding hydrogens is 306 g/mol. The molecule has 0 radical (unpaired) electrons. The molecule has 3 rings (SSSR count). The summed E-state index contributed by atoms with van der Waals surface area (Å²) in [6.07, 6.45) is 0. The van der Waals surface area contributed by atoms with Crippen molar-refractivity contribution in [3.8, 4) is 0 Å². The molecule has 0 aliphatic rings. The Kier molecular flexibility index (Phi) is 4.01. The number of carbonyl (C=O) groups excluding carboxylic acids is 1. The zero-order valence-electron chi connectivity index (χ0n) is 13.8. The molecule has 0 fully saturated rings. The Morgan fingerprint density at radius 3 is 2.46 bits per heavy atom. The van der Waals surface area contributed by atoms with Gasteiger partial charge in [0.15, 0.2) is 5.76 Å². The molecule has 0 unspecified atom stereocenters. The van der Waals surface area contributed by atoms with Crippen molar-refractivity contribution < 1.29 is 19.1 Å². The largest absolute Gasteiger partial charge is 0.480 e. The van der Waals surface area contributed by atoms with Gasteiger partial charge in [-0.25, -0.2) is 4.79 Å². The first-order chi connectivity index (χ1) is 11.4. The van der Waals surface area contributed by atoms with Gasteiger partial charge < -0.3 is 14.8 Å². The van der Waals surface area contributed by atoms with Gasteiger partial charge in [-0.05, 0) is 18.2 Å². The Morgan fingerprint density at radius 2 is 1.79 bits per heavy atom. The van der Waals surface area contributed by atoms with Crippen molar-refractivity contribution in [2.45, 2.75) is 26.8 Å². The fourth-order valence-electron chi connectivity index (χ4n) is 2.89. The molecule has 0 aliphatic carbocycles. The van der Waals surface area contributed by atoms with Crippen LogP contribution in [0.4, 0.5) is 0 Å². The highest BCUT2D eigenvalue weighted by molar-refractivity contribution is 6.09. The SMILES string of the molecule is Cc1c(C(=O)N[C@H](C(=O)O)C(C)C)oc2c1ccc1ccccc12. The lowest BCUT2D eigenvalue weighted by atomic mass is 10.0. The van der Waals surface area contributed by atoms with Crippen molar-refractivity contribution in [1.82, 2.24) is 5.32 Å². The molecule has 1 atom stereocenters. The van der Waals surface area contributed by atoms with Gasteiger partial charge in [-0.15, -0.1) is 0 Å². The van der Waals surface area contributed by atoms with E-state index in [-0.39, 0.29) is 11.7 Å². The smallest absolute Gasteiger partial charge is 0.326 e. The highest BCUT2D eigenvalue weighted by atomic mass is 16.4. The molecule has 5 heteroatoms. The van der Waals surface area contributed by atoms with Gasteiger partial charge >= 0.3 is 5.97 Å². The van der Waals surface area contributed by atoms with Crippen LogP contribution in [0.25, 0.3) is 21.7 Å². The summed E-state index contributed by atoms with van der Waals surface area (Å²) in [4.78, 5) is 23.8. The van der Waals surface area contributed by atoms with Crippen molar-refractivity contribution in [3.63, 3.8) is 0 Å². The zero-order chi connectivity index (χ0) is 17.4. The van der Waals surface area contributed by atoms with Gasteiger partial charge in [-0.2, -0.15) is 0 Å². The summed E-state index contributed by atoms with van der Waals surface area (Å²) >= 11 is 0. The topological polar surface area (TPSA) is 79.5 Å². The van der Waals surface area contributed by atoms with E-state index in [4.69, 9.17) is 4.42 Å². The third-order valence-electron chi connectivity index (χ3n) is 4.25. The predicted octanol–water partition coefficient (Wildman–Crippen LogP) is 3.73. The van der Waals surface area contributed by atoms with Gasteiger partial charge in [0.05, 0.1) is 0 Å². The number of carbonyl (C=O) groups is 2. The van der Waals surface area contributed by atoms with Crippen LogP contribution in [-0.4, -0.2) is 23.0 Å². The lowest BCUT2D eigenvalue weighted by Gasteiger charge is -2.17. The van der Waals surface area contributed by atoms with Crippen molar-refractivity contribution in [2.75, 3.05) is 0 Å². The monoisotopic (exact) mass is 325 g/mol.